The van der Waals surface area contributed by atoms with Crippen molar-refractivity contribution in [2.45, 2.75) is 13.5 Å². The van der Waals surface area contributed by atoms with Gasteiger partial charge < -0.3 is 9.15 Å². The quantitative estimate of drug-likeness (QED) is 0.268. The second kappa shape index (κ2) is 9.47. The number of thiazole rings is 1. The zero-order valence-corrected chi connectivity index (χ0v) is 19.3. The van der Waals surface area contributed by atoms with E-state index >= 15 is 0 Å². The lowest BCUT2D eigenvalue weighted by Gasteiger charge is -2.18. The maximum absolute atomic E-state index is 14.3. The van der Waals surface area contributed by atoms with Crippen LogP contribution in [0.3, 0.4) is 0 Å². The summed E-state index contributed by atoms with van der Waals surface area (Å²) in [4.78, 5) is 35.4. The number of nitrogens with zero attached hydrogens (tertiary/aromatic N) is 3. The number of carbonyl (C=O) groups excluding carboxylic acids is 2. The van der Waals surface area contributed by atoms with Gasteiger partial charge in [0.25, 0.3) is 0 Å². The molecule has 9 heteroatoms. The number of ether oxygens (including phenoxy) is 1. The number of hydrogen-bond acceptors (Lipinski definition) is 7. The van der Waals surface area contributed by atoms with E-state index in [1.165, 1.54) is 30.2 Å². The molecule has 0 aliphatic heterocycles. The SMILES string of the molecule is CC(=O)N(c1nc(COC(=O)c2cc(-c3ccco3)nc3ccccc23)cs1)c1ccccc1F. The summed E-state index contributed by atoms with van der Waals surface area (Å²) in [5.74, 6) is -0.945. The first-order valence-corrected chi connectivity index (χ1v) is 11.5. The number of hydrogen-bond donors (Lipinski definition) is 0. The van der Waals surface area contributed by atoms with Crippen LogP contribution in [0.2, 0.25) is 0 Å². The van der Waals surface area contributed by atoms with Crippen molar-refractivity contribution in [3.63, 3.8) is 0 Å². The van der Waals surface area contributed by atoms with Crippen molar-refractivity contribution in [2.75, 3.05) is 4.90 Å². The second-order valence-electron chi connectivity index (χ2n) is 7.55. The lowest BCUT2D eigenvalue weighted by atomic mass is 10.1. The maximum Gasteiger partial charge on any atom is 0.339 e. The maximum atomic E-state index is 14.3. The molecule has 2 aromatic carbocycles. The van der Waals surface area contributed by atoms with Crippen LogP contribution in [0.1, 0.15) is 23.0 Å². The fourth-order valence-electron chi connectivity index (χ4n) is 3.62. The second-order valence-corrected chi connectivity index (χ2v) is 8.39. The normalized spacial score (nSPS) is 10.9. The van der Waals surface area contributed by atoms with E-state index in [2.05, 4.69) is 9.97 Å². The number of furan rings is 1. The molecule has 174 valence electrons. The van der Waals surface area contributed by atoms with Gasteiger partial charge >= 0.3 is 5.97 Å². The molecule has 0 fully saturated rings. The molecule has 3 heterocycles. The summed E-state index contributed by atoms with van der Waals surface area (Å²) >= 11 is 1.15. The number of halogens is 1. The van der Waals surface area contributed by atoms with Gasteiger partial charge in [0.1, 0.15) is 18.1 Å². The monoisotopic (exact) mass is 487 g/mol. The van der Waals surface area contributed by atoms with E-state index in [1.54, 1.807) is 41.8 Å². The van der Waals surface area contributed by atoms with Crippen LogP contribution in [0, 0.1) is 5.82 Å². The summed E-state index contributed by atoms with van der Waals surface area (Å²) in [6.07, 6.45) is 1.54. The first kappa shape index (κ1) is 22.4. The van der Waals surface area contributed by atoms with Crippen LogP contribution < -0.4 is 4.90 Å². The van der Waals surface area contributed by atoms with Crippen LogP contribution in [0.5, 0.6) is 0 Å². The third-order valence-electron chi connectivity index (χ3n) is 5.20. The third-order valence-corrected chi connectivity index (χ3v) is 6.07. The average Bonchev–Trinajstić information content (AvgIpc) is 3.56. The molecule has 0 bridgehead atoms. The molecule has 0 N–H and O–H groups in total. The van der Waals surface area contributed by atoms with E-state index in [1.807, 2.05) is 18.2 Å². The Labute approximate surface area is 203 Å². The Bertz CT molecular complexity index is 1530. The van der Waals surface area contributed by atoms with Crippen LogP contribution in [0.4, 0.5) is 15.2 Å². The molecule has 0 spiro atoms. The fourth-order valence-corrected chi connectivity index (χ4v) is 4.48. The van der Waals surface area contributed by atoms with E-state index in [4.69, 9.17) is 9.15 Å². The summed E-state index contributed by atoms with van der Waals surface area (Å²) in [6, 6.07) is 18.4. The van der Waals surface area contributed by atoms with Crippen LogP contribution >= 0.6 is 11.3 Å². The third kappa shape index (κ3) is 4.53. The molecule has 0 radical (unpaired) electrons. The minimum atomic E-state index is -0.552. The van der Waals surface area contributed by atoms with Gasteiger partial charge in [0.05, 0.1) is 28.7 Å². The molecule has 0 unspecified atom stereocenters. The number of fused-ring (bicyclic) bond motifs is 1. The van der Waals surface area contributed by atoms with E-state index in [0.717, 1.165) is 11.3 Å². The topological polar surface area (TPSA) is 85.5 Å². The average molecular weight is 488 g/mol. The lowest BCUT2D eigenvalue weighted by molar-refractivity contribution is -0.115. The van der Waals surface area contributed by atoms with Gasteiger partial charge in [-0.25, -0.2) is 19.2 Å². The Morgan fingerprint density at radius 3 is 2.63 bits per heavy atom. The molecule has 0 aliphatic carbocycles. The summed E-state index contributed by atoms with van der Waals surface area (Å²) in [6.45, 7) is 1.21. The molecule has 0 aliphatic rings. The summed E-state index contributed by atoms with van der Waals surface area (Å²) in [5.41, 5.74) is 2.02. The first-order chi connectivity index (χ1) is 17.0. The van der Waals surface area contributed by atoms with Gasteiger partial charge in [0.2, 0.25) is 5.91 Å². The highest BCUT2D eigenvalue weighted by Gasteiger charge is 2.22. The highest BCUT2D eigenvalue weighted by atomic mass is 32.1. The van der Waals surface area contributed by atoms with Gasteiger partial charge in [-0.3, -0.25) is 9.69 Å². The standard InChI is InChI=1S/C26H18FN3O4S/c1-16(31)30(23-10-5-3-8-20(23)27)26-28-17(15-35-26)14-34-25(32)19-13-22(24-11-6-12-33-24)29-21-9-4-2-7-18(19)21/h2-13,15H,14H2,1H3. The number of anilines is 2. The zero-order chi connectivity index (χ0) is 24.4. The predicted octanol–water partition coefficient (Wildman–Crippen LogP) is 6.13. The molecule has 3 aromatic heterocycles. The minimum absolute atomic E-state index is 0.103. The summed E-state index contributed by atoms with van der Waals surface area (Å²) < 4.78 is 25.3. The summed E-state index contributed by atoms with van der Waals surface area (Å²) in [5, 5.41) is 2.59. The molecule has 5 aromatic rings. The molecule has 5 rings (SSSR count). The fraction of sp³-hybridized carbons (Fsp3) is 0.0769. The Morgan fingerprint density at radius 2 is 1.86 bits per heavy atom. The molecule has 0 atom stereocenters. The molecular formula is C26H18FN3O4S. The van der Waals surface area contributed by atoms with Gasteiger partial charge in [0, 0.05) is 17.7 Å². The van der Waals surface area contributed by atoms with Crippen molar-refractivity contribution in [1.82, 2.24) is 9.97 Å². The van der Waals surface area contributed by atoms with Crippen molar-refractivity contribution in [1.29, 1.82) is 0 Å². The van der Waals surface area contributed by atoms with E-state index in [9.17, 15) is 14.0 Å². The van der Waals surface area contributed by atoms with Crippen LogP contribution in [-0.2, 0) is 16.1 Å². The number of para-hydroxylation sites is 2. The molecule has 1 amide bonds. The van der Waals surface area contributed by atoms with Crippen molar-refractivity contribution in [3.05, 3.63) is 95.4 Å². The molecular weight excluding hydrogens is 469 g/mol. The largest absolute Gasteiger partial charge is 0.463 e. The van der Waals surface area contributed by atoms with Gasteiger partial charge in [-0.2, -0.15) is 0 Å². The number of benzene rings is 2. The van der Waals surface area contributed by atoms with E-state index in [-0.39, 0.29) is 23.3 Å². The van der Waals surface area contributed by atoms with Crippen molar-refractivity contribution >= 4 is 44.9 Å². The molecule has 0 saturated heterocycles. The van der Waals surface area contributed by atoms with Gasteiger partial charge in [-0.05, 0) is 36.4 Å². The van der Waals surface area contributed by atoms with Gasteiger partial charge in [0.15, 0.2) is 10.9 Å². The van der Waals surface area contributed by atoms with Crippen molar-refractivity contribution in [3.8, 4) is 11.5 Å². The molecule has 35 heavy (non-hydrogen) atoms. The molecule has 7 nitrogen and oxygen atoms in total. The number of aromatic nitrogens is 2. The first-order valence-electron chi connectivity index (χ1n) is 10.6. The summed E-state index contributed by atoms with van der Waals surface area (Å²) in [7, 11) is 0. The minimum Gasteiger partial charge on any atom is -0.463 e. The Hall–Kier alpha value is -4.37. The smallest absolute Gasteiger partial charge is 0.339 e. The highest BCUT2D eigenvalue weighted by molar-refractivity contribution is 7.14. The van der Waals surface area contributed by atoms with Gasteiger partial charge in [-0.15, -0.1) is 11.3 Å². The number of esters is 1. The predicted molar refractivity (Wildman–Crippen MR) is 130 cm³/mol. The Kier molecular flexibility index (Phi) is 6.07. The number of rotatable bonds is 6. The van der Waals surface area contributed by atoms with Gasteiger partial charge in [-0.1, -0.05) is 30.3 Å². The van der Waals surface area contributed by atoms with Crippen molar-refractivity contribution in [2.24, 2.45) is 0 Å². The Morgan fingerprint density at radius 1 is 1.06 bits per heavy atom. The molecule has 0 saturated carbocycles. The van der Waals surface area contributed by atoms with Crippen LogP contribution in [0.15, 0.2) is 82.8 Å². The Balaban J connectivity index is 1.39. The number of amides is 1. The highest BCUT2D eigenvalue weighted by Crippen LogP contribution is 2.31. The van der Waals surface area contributed by atoms with E-state index in [0.29, 0.717) is 33.6 Å². The number of pyridine rings is 1. The van der Waals surface area contributed by atoms with Crippen molar-refractivity contribution < 1.29 is 23.1 Å². The number of carbonyl (C=O) groups is 2. The van der Waals surface area contributed by atoms with Crippen LogP contribution in [0.25, 0.3) is 22.4 Å². The zero-order valence-electron chi connectivity index (χ0n) is 18.5. The van der Waals surface area contributed by atoms with E-state index < -0.39 is 11.8 Å². The van der Waals surface area contributed by atoms with Crippen LogP contribution in [-0.4, -0.2) is 21.8 Å². The lowest BCUT2D eigenvalue weighted by Crippen LogP contribution is -2.23.